The summed E-state index contributed by atoms with van der Waals surface area (Å²) in [5.74, 6) is 0.435. The van der Waals surface area contributed by atoms with Crippen LogP contribution in [0.2, 0.25) is 0 Å². The van der Waals surface area contributed by atoms with Crippen molar-refractivity contribution in [3.63, 3.8) is 0 Å². The molecule has 0 amide bonds. The molecule has 0 heterocycles. The van der Waals surface area contributed by atoms with Crippen molar-refractivity contribution in [2.45, 2.75) is 119 Å². The maximum absolute atomic E-state index is 6.51. The Morgan fingerprint density at radius 2 is 1.52 bits per heavy atom. The number of ether oxygens (including phenoxy) is 4. The average molecular weight is 415 g/mol. The van der Waals surface area contributed by atoms with E-state index in [1.807, 2.05) is 0 Å². The lowest BCUT2D eigenvalue weighted by molar-refractivity contribution is -0.386. The Bertz CT molecular complexity index is 429. The molecule has 0 bridgehead atoms. The Labute approximate surface area is 181 Å². The van der Waals surface area contributed by atoms with Crippen molar-refractivity contribution in [1.82, 2.24) is 0 Å². The summed E-state index contributed by atoms with van der Waals surface area (Å²) in [6.45, 7) is 21.2. The molecule has 174 valence electrons. The van der Waals surface area contributed by atoms with Crippen molar-refractivity contribution in [3.8, 4) is 0 Å². The first-order valence-electron chi connectivity index (χ1n) is 12.0. The zero-order valence-corrected chi connectivity index (χ0v) is 20.9. The van der Waals surface area contributed by atoms with Crippen LogP contribution in [0.25, 0.3) is 0 Å². The summed E-state index contributed by atoms with van der Waals surface area (Å²) in [4.78, 5) is 0. The van der Waals surface area contributed by atoms with Gasteiger partial charge in [0.25, 0.3) is 0 Å². The molecule has 4 nitrogen and oxygen atoms in total. The van der Waals surface area contributed by atoms with Gasteiger partial charge in [-0.1, -0.05) is 67.2 Å². The molecule has 3 atom stereocenters. The Morgan fingerprint density at radius 3 is 2.03 bits per heavy atom. The third-order valence-electron chi connectivity index (χ3n) is 5.02. The van der Waals surface area contributed by atoms with Gasteiger partial charge in [0.1, 0.15) is 0 Å². The average Bonchev–Trinajstić information content (AvgIpc) is 2.66. The van der Waals surface area contributed by atoms with Crippen LogP contribution >= 0.6 is 0 Å². The van der Waals surface area contributed by atoms with Gasteiger partial charge in [-0.3, -0.25) is 0 Å². The maximum atomic E-state index is 6.51. The Balaban J connectivity index is 5.78. The highest BCUT2D eigenvalue weighted by Crippen LogP contribution is 2.33. The topological polar surface area (TPSA) is 36.9 Å². The van der Waals surface area contributed by atoms with Gasteiger partial charge in [0.2, 0.25) is 0 Å². The van der Waals surface area contributed by atoms with Gasteiger partial charge in [0.15, 0.2) is 5.76 Å². The van der Waals surface area contributed by atoms with Gasteiger partial charge in [-0.25, -0.2) is 0 Å². The van der Waals surface area contributed by atoms with E-state index in [2.05, 4.69) is 62.3 Å². The molecular weight excluding hydrogens is 364 g/mol. The van der Waals surface area contributed by atoms with E-state index in [0.717, 1.165) is 50.5 Å². The molecule has 0 radical (unpaired) electrons. The van der Waals surface area contributed by atoms with E-state index in [1.54, 1.807) is 0 Å². The lowest BCUT2D eigenvalue weighted by Crippen LogP contribution is -2.46. The Morgan fingerprint density at radius 1 is 0.828 bits per heavy atom. The van der Waals surface area contributed by atoms with Gasteiger partial charge < -0.3 is 18.9 Å². The van der Waals surface area contributed by atoms with E-state index in [-0.39, 0.29) is 6.10 Å². The molecule has 0 N–H and O–H groups in total. The minimum atomic E-state index is -1.26. The lowest BCUT2D eigenvalue weighted by atomic mass is 10.1. The fourth-order valence-electron chi connectivity index (χ4n) is 2.89. The summed E-state index contributed by atoms with van der Waals surface area (Å²) in [6.07, 6.45) is 7.32. The van der Waals surface area contributed by atoms with Gasteiger partial charge in [0.05, 0.1) is 25.9 Å². The predicted molar refractivity (Wildman–Crippen MR) is 123 cm³/mol. The second-order valence-electron chi connectivity index (χ2n) is 9.01. The van der Waals surface area contributed by atoms with Gasteiger partial charge in [-0.15, -0.1) is 0 Å². The van der Waals surface area contributed by atoms with Crippen LogP contribution in [0.1, 0.15) is 107 Å². The van der Waals surface area contributed by atoms with E-state index in [9.17, 15) is 0 Å². The van der Waals surface area contributed by atoms with Gasteiger partial charge >= 0.3 is 5.97 Å². The third-order valence-corrected chi connectivity index (χ3v) is 5.02. The molecule has 3 unspecified atom stereocenters. The highest BCUT2D eigenvalue weighted by atomic mass is 16.9. The standard InChI is InChI=1S/C25H50O4/c1-10-13-14-17-27-25(28-19-22(8)12-3,29-23(9)15-11-2)24(21(6)7)26-18-16-20(4)5/h20,22-23H,10-19H2,1-9H3. The lowest BCUT2D eigenvalue weighted by Gasteiger charge is -2.38. The van der Waals surface area contributed by atoms with E-state index < -0.39 is 5.97 Å². The molecule has 0 aliphatic carbocycles. The zero-order chi connectivity index (χ0) is 22.3. The molecular formula is C25H50O4. The van der Waals surface area contributed by atoms with Crippen molar-refractivity contribution in [3.05, 3.63) is 11.3 Å². The first kappa shape index (κ1) is 28.4. The van der Waals surface area contributed by atoms with Crippen LogP contribution in [0.4, 0.5) is 0 Å². The molecule has 0 saturated heterocycles. The van der Waals surface area contributed by atoms with Crippen LogP contribution < -0.4 is 0 Å². The van der Waals surface area contributed by atoms with Gasteiger partial charge in [0, 0.05) is 0 Å². The molecule has 0 fully saturated rings. The van der Waals surface area contributed by atoms with Crippen LogP contribution in [-0.4, -0.2) is 31.9 Å². The Hall–Kier alpha value is -0.580. The van der Waals surface area contributed by atoms with E-state index in [0.29, 0.717) is 37.4 Å². The van der Waals surface area contributed by atoms with Crippen LogP contribution in [-0.2, 0) is 18.9 Å². The predicted octanol–water partition coefficient (Wildman–Crippen LogP) is 7.47. The highest BCUT2D eigenvalue weighted by molar-refractivity contribution is 5.10. The van der Waals surface area contributed by atoms with Crippen LogP contribution in [0.15, 0.2) is 11.3 Å². The molecule has 0 aliphatic rings. The molecule has 0 aromatic rings. The fourth-order valence-corrected chi connectivity index (χ4v) is 2.89. The molecule has 0 saturated carbocycles. The molecule has 0 spiro atoms. The van der Waals surface area contributed by atoms with Crippen LogP contribution in [0.5, 0.6) is 0 Å². The summed E-state index contributed by atoms with van der Waals surface area (Å²) >= 11 is 0. The number of hydrogen-bond acceptors (Lipinski definition) is 4. The SMILES string of the molecule is CCCCCOC(OCC(C)CC)(OC(C)CCC)C(OCCC(C)C)=C(C)C. The quantitative estimate of drug-likeness (QED) is 0.132. The van der Waals surface area contributed by atoms with Crippen molar-refractivity contribution in [2.75, 3.05) is 19.8 Å². The minimum Gasteiger partial charge on any atom is -0.490 e. The van der Waals surface area contributed by atoms with E-state index in [1.165, 1.54) is 0 Å². The second kappa shape index (κ2) is 16.2. The minimum absolute atomic E-state index is 0.0196. The molecule has 0 aromatic carbocycles. The fraction of sp³-hybridized carbons (Fsp3) is 0.920. The summed E-state index contributed by atoms with van der Waals surface area (Å²) in [5.41, 5.74) is 1.04. The monoisotopic (exact) mass is 414 g/mol. The smallest absolute Gasteiger partial charge is 0.345 e. The molecule has 0 aromatic heterocycles. The van der Waals surface area contributed by atoms with Gasteiger partial charge in [-0.2, -0.15) is 0 Å². The van der Waals surface area contributed by atoms with Crippen molar-refractivity contribution in [1.29, 1.82) is 0 Å². The van der Waals surface area contributed by atoms with Crippen molar-refractivity contribution >= 4 is 0 Å². The molecule has 0 aliphatic heterocycles. The largest absolute Gasteiger partial charge is 0.490 e. The van der Waals surface area contributed by atoms with Gasteiger partial charge in [-0.05, 0) is 57.4 Å². The zero-order valence-electron chi connectivity index (χ0n) is 20.9. The van der Waals surface area contributed by atoms with Crippen LogP contribution in [0, 0.1) is 11.8 Å². The number of rotatable bonds is 18. The highest BCUT2D eigenvalue weighted by Gasteiger charge is 2.43. The first-order chi connectivity index (χ1) is 13.7. The van der Waals surface area contributed by atoms with Crippen molar-refractivity contribution in [2.24, 2.45) is 11.8 Å². The summed E-state index contributed by atoms with van der Waals surface area (Å²) in [6, 6.07) is 0. The van der Waals surface area contributed by atoms with E-state index >= 15 is 0 Å². The van der Waals surface area contributed by atoms with E-state index in [4.69, 9.17) is 18.9 Å². The summed E-state index contributed by atoms with van der Waals surface area (Å²) in [5, 5.41) is 0. The third kappa shape index (κ3) is 12.0. The molecule has 0 rings (SSSR count). The first-order valence-corrected chi connectivity index (χ1v) is 12.0. The Kier molecular flexibility index (Phi) is 15.8. The molecule has 29 heavy (non-hydrogen) atoms. The summed E-state index contributed by atoms with van der Waals surface area (Å²) in [7, 11) is 0. The van der Waals surface area contributed by atoms with Crippen LogP contribution in [0.3, 0.4) is 0 Å². The normalized spacial score (nSPS) is 15.8. The summed E-state index contributed by atoms with van der Waals surface area (Å²) < 4.78 is 25.6. The number of allylic oxidation sites excluding steroid dienone is 1. The maximum Gasteiger partial charge on any atom is 0.345 e. The number of unbranched alkanes of at least 4 members (excludes halogenated alkanes) is 2. The second-order valence-corrected chi connectivity index (χ2v) is 9.01. The molecule has 4 heteroatoms. The number of hydrogen-bond donors (Lipinski definition) is 0. The van der Waals surface area contributed by atoms with Crippen molar-refractivity contribution < 1.29 is 18.9 Å².